The molecule has 2 aromatic rings. The van der Waals surface area contributed by atoms with Gasteiger partial charge in [0.25, 0.3) is 0 Å². The van der Waals surface area contributed by atoms with E-state index >= 15 is 0 Å². The Bertz CT molecular complexity index is 909. The van der Waals surface area contributed by atoms with Crippen LogP contribution in [0.3, 0.4) is 0 Å². The number of nitrogens with zero attached hydrogens (tertiary/aromatic N) is 3. The summed E-state index contributed by atoms with van der Waals surface area (Å²) in [5.41, 5.74) is 2.49. The normalized spacial score (nSPS) is 15.1. The number of anilines is 1. The highest BCUT2D eigenvalue weighted by Gasteiger charge is 2.27. The first-order chi connectivity index (χ1) is 13.5. The maximum atomic E-state index is 14.0. The standard InChI is InChI=1S/C22H27FN4O/c1-4-15(5-2)22(28)27-8-6-18(7-9-27)26-21-16(12-24)13-25-20-14(3)10-17(23)11-19(20)21/h10-11,13,15,18H,4-9H2,1-3H3,(H,25,26). The van der Waals surface area contributed by atoms with Crippen molar-refractivity contribution in [3.63, 3.8) is 0 Å². The summed E-state index contributed by atoms with van der Waals surface area (Å²) in [6.45, 7) is 7.33. The van der Waals surface area contributed by atoms with Gasteiger partial charge in [-0.1, -0.05) is 13.8 Å². The molecular weight excluding hydrogens is 355 g/mol. The molecule has 2 heterocycles. The minimum Gasteiger partial charge on any atom is -0.381 e. The third-order valence-electron chi connectivity index (χ3n) is 5.74. The van der Waals surface area contributed by atoms with Crippen molar-refractivity contribution in [1.29, 1.82) is 5.26 Å². The molecule has 5 nitrogen and oxygen atoms in total. The smallest absolute Gasteiger partial charge is 0.225 e. The average molecular weight is 382 g/mol. The third kappa shape index (κ3) is 3.94. The van der Waals surface area contributed by atoms with Crippen LogP contribution < -0.4 is 5.32 Å². The van der Waals surface area contributed by atoms with E-state index in [1.807, 2.05) is 11.8 Å². The second-order valence-electron chi connectivity index (χ2n) is 7.53. The molecule has 148 valence electrons. The van der Waals surface area contributed by atoms with E-state index in [2.05, 4.69) is 30.2 Å². The van der Waals surface area contributed by atoms with Crippen LogP contribution in [0.5, 0.6) is 0 Å². The first-order valence-electron chi connectivity index (χ1n) is 10.0. The number of rotatable bonds is 5. The monoisotopic (exact) mass is 382 g/mol. The number of benzene rings is 1. The molecule has 1 aromatic carbocycles. The predicted octanol–water partition coefficient (Wildman–Crippen LogP) is 4.39. The molecule has 6 heteroatoms. The third-order valence-corrected chi connectivity index (χ3v) is 5.74. The molecule has 3 rings (SSSR count). The highest BCUT2D eigenvalue weighted by Crippen LogP contribution is 2.30. The fourth-order valence-electron chi connectivity index (χ4n) is 4.02. The zero-order chi connectivity index (χ0) is 20.3. The zero-order valence-electron chi connectivity index (χ0n) is 16.8. The molecule has 0 unspecified atom stereocenters. The van der Waals surface area contributed by atoms with Gasteiger partial charge in [0, 0.05) is 36.6 Å². The van der Waals surface area contributed by atoms with Crippen molar-refractivity contribution in [3.05, 3.63) is 35.3 Å². The van der Waals surface area contributed by atoms with Crippen LogP contribution in [0.2, 0.25) is 0 Å². The zero-order valence-corrected chi connectivity index (χ0v) is 16.8. The Morgan fingerprint density at radius 3 is 2.64 bits per heavy atom. The molecule has 0 saturated carbocycles. The SMILES string of the molecule is CCC(CC)C(=O)N1CCC(Nc2c(C#N)cnc3c(C)cc(F)cc23)CC1. The van der Waals surface area contributed by atoms with E-state index in [0.29, 0.717) is 35.2 Å². The van der Waals surface area contributed by atoms with Gasteiger partial charge in [0.05, 0.1) is 16.8 Å². The van der Waals surface area contributed by atoms with E-state index in [4.69, 9.17) is 0 Å². The number of fused-ring (bicyclic) bond motifs is 1. The molecule has 0 bridgehead atoms. The van der Waals surface area contributed by atoms with Gasteiger partial charge < -0.3 is 10.2 Å². The summed E-state index contributed by atoms with van der Waals surface area (Å²) in [6, 6.07) is 5.18. The Kier molecular flexibility index (Phi) is 6.13. The van der Waals surface area contributed by atoms with Crippen molar-refractivity contribution in [1.82, 2.24) is 9.88 Å². The second-order valence-corrected chi connectivity index (χ2v) is 7.53. The highest BCUT2D eigenvalue weighted by atomic mass is 19.1. The highest BCUT2D eigenvalue weighted by molar-refractivity contribution is 5.95. The lowest BCUT2D eigenvalue weighted by Crippen LogP contribution is -2.44. The number of aromatic nitrogens is 1. The lowest BCUT2D eigenvalue weighted by atomic mass is 9.98. The van der Waals surface area contributed by atoms with E-state index in [1.54, 1.807) is 6.20 Å². The van der Waals surface area contributed by atoms with Crippen LogP contribution in [-0.4, -0.2) is 34.9 Å². The van der Waals surface area contributed by atoms with Crippen molar-refractivity contribution < 1.29 is 9.18 Å². The number of aryl methyl sites for hydroxylation is 1. The summed E-state index contributed by atoms with van der Waals surface area (Å²) in [5, 5.41) is 13.6. The van der Waals surface area contributed by atoms with Gasteiger partial charge in [-0.05, 0) is 50.3 Å². The minimum atomic E-state index is -0.337. The molecule has 28 heavy (non-hydrogen) atoms. The molecule has 0 atom stereocenters. The van der Waals surface area contributed by atoms with Gasteiger partial charge in [-0.2, -0.15) is 5.26 Å². The average Bonchev–Trinajstić information content (AvgIpc) is 2.69. The van der Waals surface area contributed by atoms with Crippen LogP contribution in [0.4, 0.5) is 10.1 Å². The maximum absolute atomic E-state index is 14.0. The van der Waals surface area contributed by atoms with E-state index in [9.17, 15) is 14.4 Å². The van der Waals surface area contributed by atoms with Gasteiger partial charge in [-0.15, -0.1) is 0 Å². The number of likely N-dealkylation sites (tertiary alicyclic amines) is 1. The van der Waals surface area contributed by atoms with Crippen molar-refractivity contribution in [3.8, 4) is 6.07 Å². The van der Waals surface area contributed by atoms with Crippen LogP contribution in [0, 0.1) is 30.0 Å². The molecule has 1 aliphatic rings. The van der Waals surface area contributed by atoms with Gasteiger partial charge in [0.1, 0.15) is 11.9 Å². The lowest BCUT2D eigenvalue weighted by Gasteiger charge is -2.35. The Morgan fingerprint density at radius 2 is 2.04 bits per heavy atom. The Balaban J connectivity index is 1.79. The molecule has 0 aliphatic carbocycles. The lowest BCUT2D eigenvalue weighted by molar-refractivity contribution is -0.136. The number of nitriles is 1. The number of hydrogen-bond acceptors (Lipinski definition) is 4. The fraction of sp³-hybridized carbons (Fsp3) is 0.500. The number of amides is 1. The van der Waals surface area contributed by atoms with E-state index in [1.165, 1.54) is 12.1 Å². The number of carbonyl (C=O) groups is 1. The van der Waals surface area contributed by atoms with Crippen molar-refractivity contribution in [2.75, 3.05) is 18.4 Å². The maximum Gasteiger partial charge on any atom is 0.225 e. The number of hydrogen-bond donors (Lipinski definition) is 1. The number of nitrogens with one attached hydrogen (secondary N) is 1. The van der Waals surface area contributed by atoms with Gasteiger partial charge in [0.15, 0.2) is 0 Å². The van der Waals surface area contributed by atoms with Crippen LogP contribution in [0.15, 0.2) is 18.3 Å². The van der Waals surface area contributed by atoms with Crippen LogP contribution >= 0.6 is 0 Å². The van der Waals surface area contributed by atoms with Crippen molar-refractivity contribution >= 4 is 22.5 Å². The minimum absolute atomic E-state index is 0.102. The largest absolute Gasteiger partial charge is 0.381 e. The fourth-order valence-corrected chi connectivity index (χ4v) is 4.02. The second kappa shape index (κ2) is 8.55. The quantitative estimate of drug-likeness (QED) is 0.832. The number of halogens is 1. The van der Waals surface area contributed by atoms with Crippen LogP contribution in [-0.2, 0) is 4.79 Å². The molecule has 1 saturated heterocycles. The Hall–Kier alpha value is -2.68. The van der Waals surface area contributed by atoms with E-state index in [0.717, 1.165) is 31.2 Å². The summed E-state index contributed by atoms with van der Waals surface area (Å²) >= 11 is 0. The van der Waals surface area contributed by atoms with Gasteiger partial charge in [-0.25, -0.2) is 4.39 Å². The predicted molar refractivity (Wildman–Crippen MR) is 108 cm³/mol. The van der Waals surface area contributed by atoms with E-state index < -0.39 is 0 Å². The first-order valence-corrected chi connectivity index (χ1v) is 10.0. The molecule has 1 fully saturated rings. The number of carbonyl (C=O) groups excluding carboxylic acids is 1. The number of piperidine rings is 1. The summed E-state index contributed by atoms with van der Waals surface area (Å²) < 4.78 is 14.0. The van der Waals surface area contributed by atoms with Gasteiger partial charge >= 0.3 is 0 Å². The molecule has 1 aromatic heterocycles. The van der Waals surface area contributed by atoms with Crippen LogP contribution in [0.25, 0.3) is 10.9 Å². The summed E-state index contributed by atoms with van der Waals surface area (Å²) in [7, 11) is 0. The van der Waals surface area contributed by atoms with Crippen molar-refractivity contribution in [2.24, 2.45) is 5.92 Å². The first kappa shape index (κ1) is 20.1. The molecule has 0 spiro atoms. The van der Waals surface area contributed by atoms with E-state index in [-0.39, 0.29) is 23.7 Å². The van der Waals surface area contributed by atoms with Crippen LogP contribution in [0.1, 0.15) is 50.7 Å². The summed E-state index contributed by atoms with van der Waals surface area (Å²) in [5.74, 6) is 0.00791. The summed E-state index contributed by atoms with van der Waals surface area (Å²) in [6.07, 6.45) is 4.88. The van der Waals surface area contributed by atoms with Gasteiger partial charge in [-0.3, -0.25) is 9.78 Å². The molecule has 0 radical (unpaired) electrons. The summed E-state index contributed by atoms with van der Waals surface area (Å²) in [4.78, 5) is 18.9. The topological polar surface area (TPSA) is 69.0 Å². The van der Waals surface area contributed by atoms with Gasteiger partial charge in [0.2, 0.25) is 5.91 Å². The molecule has 1 aliphatic heterocycles. The number of pyridine rings is 1. The molecule has 1 N–H and O–H groups in total. The van der Waals surface area contributed by atoms with Crippen molar-refractivity contribution in [2.45, 2.75) is 52.5 Å². The Morgan fingerprint density at radius 1 is 1.36 bits per heavy atom. The molecule has 1 amide bonds. The Labute approximate surface area is 165 Å². The molecular formula is C22H27FN4O.